The monoisotopic (exact) mass is 288 g/mol. The van der Waals surface area contributed by atoms with Crippen molar-refractivity contribution in [3.63, 3.8) is 0 Å². The summed E-state index contributed by atoms with van der Waals surface area (Å²) in [6.07, 6.45) is 2.99. The van der Waals surface area contributed by atoms with Crippen LogP contribution in [0.15, 0.2) is 28.2 Å². The normalized spacial score (nSPS) is 21.6. The highest BCUT2D eigenvalue weighted by molar-refractivity contribution is 6.20. The zero-order chi connectivity index (χ0) is 15.0. The van der Waals surface area contributed by atoms with Gasteiger partial charge in [0.2, 0.25) is 0 Å². The Hall–Kier alpha value is -2.37. The van der Waals surface area contributed by atoms with E-state index in [1.165, 1.54) is 30.6 Å². The van der Waals surface area contributed by atoms with Crippen LogP contribution in [0.25, 0.3) is 0 Å². The number of carbonyl (C=O) groups is 2. The number of carbonyl (C=O) groups excluding carboxylic acids is 2. The summed E-state index contributed by atoms with van der Waals surface area (Å²) in [5.74, 6) is -2.11. The van der Waals surface area contributed by atoms with Gasteiger partial charge in [0.1, 0.15) is 5.82 Å². The van der Waals surface area contributed by atoms with E-state index in [1.54, 1.807) is 6.92 Å². The molecule has 0 amide bonds. The zero-order valence-corrected chi connectivity index (χ0v) is 11.4. The highest BCUT2D eigenvalue weighted by Crippen LogP contribution is 2.39. The lowest BCUT2D eigenvalue weighted by Crippen LogP contribution is -2.45. The number of fused-ring (bicyclic) bond motifs is 1. The summed E-state index contributed by atoms with van der Waals surface area (Å²) in [6, 6.07) is 3.99. The Morgan fingerprint density at radius 2 is 2.14 bits per heavy atom. The molecule has 5 nitrogen and oxygen atoms in total. The number of hydrogen-bond acceptors (Lipinski definition) is 5. The average Bonchev–Trinajstić information content (AvgIpc) is 3.05. The van der Waals surface area contributed by atoms with Gasteiger partial charge >= 0.3 is 5.97 Å². The number of esters is 1. The van der Waals surface area contributed by atoms with Crippen LogP contribution >= 0.6 is 0 Å². The molecule has 0 radical (unpaired) electrons. The molecular weight excluding hydrogens is 275 g/mol. The highest BCUT2D eigenvalue weighted by atomic mass is 19.1. The van der Waals surface area contributed by atoms with Gasteiger partial charge in [-0.05, 0) is 37.1 Å². The van der Waals surface area contributed by atoms with E-state index in [0.717, 1.165) is 0 Å². The molecule has 0 spiro atoms. The minimum absolute atomic E-state index is 0.175. The van der Waals surface area contributed by atoms with E-state index in [0.29, 0.717) is 11.1 Å². The first-order valence-corrected chi connectivity index (χ1v) is 6.67. The average molecular weight is 288 g/mol. The van der Waals surface area contributed by atoms with Crippen LogP contribution in [0.3, 0.4) is 0 Å². The molecule has 1 aromatic rings. The summed E-state index contributed by atoms with van der Waals surface area (Å²) >= 11 is 0. The highest BCUT2D eigenvalue weighted by Gasteiger charge is 2.54. The summed E-state index contributed by atoms with van der Waals surface area (Å²) in [7, 11) is 0. The minimum atomic E-state index is -1.57. The fourth-order valence-electron chi connectivity index (χ4n) is 2.79. The molecule has 0 saturated carbocycles. The fourth-order valence-corrected chi connectivity index (χ4v) is 2.79. The van der Waals surface area contributed by atoms with E-state index in [4.69, 9.17) is 4.74 Å². The second-order valence-corrected chi connectivity index (χ2v) is 4.93. The topological polar surface area (TPSA) is 68.1 Å². The van der Waals surface area contributed by atoms with E-state index >= 15 is 0 Å². The Labute approximate surface area is 120 Å². The number of nitrogens with zero attached hydrogens (tertiary/aromatic N) is 2. The number of ether oxygens (including phenoxy) is 1. The Kier molecular flexibility index (Phi) is 3.16. The quantitative estimate of drug-likeness (QED) is 0.793. The maximum absolute atomic E-state index is 13.3. The van der Waals surface area contributed by atoms with Gasteiger partial charge in [-0.15, -0.1) is 0 Å². The Bertz CT molecular complexity index is 669. The van der Waals surface area contributed by atoms with Gasteiger partial charge in [0.15, 0.2) is 5.78 Å². The van der Waals surface area contributed by atoms with E-state index in [1.807, 2.05) is 0 Å². The molecule has 1 unspecified atom stereocenters. The third-order valence-corrected chi connectivity index (χ3v) is 3.74. The van der Waals surface area contributed by atoms with Crippen LogP contribution in [0.2, 0.25) is 0 Å². The Balaban J connectivity index is 2.01. The number of hydrogen-bond donors (Lipinski definition) is 0. The maximum Gasteiger partial charge on any atom is 0.357 e. The lowest BCUT2D eigenvalue weighted by Gasteiger charge is -2.25. The molecule has 0 N–H and O–H groups in total. The third-order valence-electron chi connectivity index (χ3n) is 3.74. The van der Waals surface area contributed by atoms with Crippen LogP contribution in [0.5, 0.6) is 0 Å². The van der Waals surface area contributed by atoms with Crippen LogP contribution < -0.4 is 0 Å². The molecule has 21 heavy (non-hydrogen) atoms. The smallest absolute Gasteiger partial charge is 0.357 e. The van der Waals surface area contributed by atoms with Crippen LogP contribution in [0.4, 0.5) is 4.39 Å². The maximum atomic E-state index is 13.3. The number of aliphatic imine (C=N–C) groups is 2. The molecule has 0 aromatic heterocycles. The van der Waals surface area contributed by atoms with Crippen molar-refractivity contribution in [3.8, 4) is 0 Å². The standard InChI is InChI=1S/C15H13FN2O3/c1-2-21-14(20)15(17-5-6-18-15)12-8-9-7-10(16)3-4-11(9)13(12)19/h3-7,12H,2,8H2,1H3. The molecular formula is C15H13FN2O3. The van der Waals surface area contributed by atoms with Crippen LogP contribution in [0, 0.1) is 11.7 Å². The number of halogens is 1. The van der Waals surface area contributed by atoms with Gasteiger partial charge in [0.05, 0.1) is 12.5 Å². The summed E-state index contributed by atoms with van der Waals surface area (Å²) < 4.78 is 18.3. The number of ketones is 1. The van der Waals surface area contributed by atoms with Crippen molar-refractivity contribution in [2.24, 2.45) is 15.9 Å². The summed E-state index contributed by atoms with van der Waals surface area (Å²) in [6.45, 7) is 1.85. The molecule has 0 saturated heterocycles. The van der Waals surface area contributed by atoms with Crippen molar-refractivity contribution < 1.29 is 18.7 Å². The number of rotatable bonds is 3. The summed E-state index contributed by atoms with van der Waals surface area (Å²) in [5, 5.41) is 0. The first kappa shape index (κ1) is 13.6. The number of Topliss-reactive ketones (excluding diaryl/α,β-unsaturated/α-hetero) is 1. The third kappa shape index (κ3) is 1.98. The van der Waals surface area contributed by atoms with Crippen molar-refractivity contribution in [1.82, 2.24) is 0 Å². The summed E-state index contributed by atoms with van der Waals surface area (Å²) in [5.41, 5.74) is -0.573. The second kappa shape index (κ2) is 4.87. The van der Waals surface area contributed by atoms with E-state index < -0.39 is 23.4 Å². The molecule has 1 atom stereocenters. The molecule has 1 aliphatic heterocycles. The molecule has 1 aliphatic carbocycles. The molecule has 1 aromatic carbocycles. The van der Waals surface area contributed by atoms with E-state index in [9.17, 15) is 14.0 Å². The van der Waals surface area contributed by atoms with Gasteiger partial charge < -0.3 is 4.74 Å². The van der Waals surface area contributed by atoms with Crippen LogP contribution in [-0.2, 0) is 16.0 Å². The Morgan fingerprint density at radius 3 is 2.81 bits per heavy atom. The minimum Gasteiger partial charge on any atom is -0.463 e. The number of benzene rings is 1. The first-order valence-electron chi connectivity index (χ1n) is 6.67. The molecule has 108 valence electrons. The SMILES string of the molecule is CCOC(=O)C1(C2Cc3cc(F)ccc3C2=O)N=CC=N1. The largest absolute Gasteiger partial charge is 0.463 e. The van der Waals surface area contributed by atoms with Gasteiger partial charge in [0, 0.05) is 18.0 Å². The molecule has 3 rings (SSSR count). The molecule has 0 bridgehead atoms. The van der Waals surface area contributed by atoms with E-state index in [2.05, 4.69) is 9.98 Å². The lowest BCUT2D eigenvalue weighted by molar-refractivity contribution is -0.150. The van der Waals surface area contributed by atoms with Gasteiger partial charge in [-0.25, -0.2) is 19.2 Å². The van der Waals surface area contributed by atoms with Gasteiger partial charge in [0.25, 0.3) is 5.66 Å². The Morgan fingerprint density at radius 1 is 1.43 bits per heavy atom. The zero-order valence-electron chi connectivity index (χ0n) is 11.4. The molecule has 1 heterocycles. The van der Waals surface area contributed by atoms with Crippen LogP contribution in [0.1, 0.15) is 22.8 Å². The van der Waals surface area contributed by atoms with E-state index in [-0.39, 0.29) is 18.8 Å². The lowest BCUT2D eigenvalue weighted by atomic mass is 9.89. The van der Waals surface area contributed by atoms with Crippen molar-refractivity contribution in [2.75, 3.05) is 6.61 Å². The van der Waals surface area contributed by atoms with Crippen LogP contribution in [-0.4, -0.2) is 36.5 Å². The first-order chi connectivity index (χ1) is 10.1. The van der Waals surface area contributed by atoms with Gasteiger partial charge in [-0.1, -0.05) is 0 Å². The molecule has 2 aliphatic rings. The fraction of sp³-hybridized carbons (Fsp3) is 0.333. The van der Waals surface area contributed by atoms with Gasteiger partial charge in [-0.2, -0.15) is 0 Å². The van der Waals surface area contributed by atoms with Gasteiger partial charge in [-0.3, -0.25) is 4.79 Å². The predicted octanol–water partition coefficient (Wildman–Crippen LogP) is 1.60. The predicted molar refractivity (Wildman–Crippen MR) is 74.3 cm³/mol. The summed E-state index contributed by atoms with van der Waals surface area (Å²) in [4.78, 5) is 32.9. The van der Waals surface area contributed by atoms with Crippen molar-refractivity contribution in [1.29, 1.82) is 0 Å². The van der Waals surface area contributed by atoms with Crippen molar-refractivity contribution in [3.05, 3.63) is 35.1 Å². The van der Waals surface area contributed by atoms with Crippen molar-refractivity contribution in [2.45, 2.75) is 19.0 Å². The molecule has 0 fully saturated rings. The second-order valence-electron chi connectivity index (χ2n) is 4.93. The molecule has 6 heteroatoms. The van der Waals surface area contributed by atoms with Crippen molar-refractivity contribution >= 4 is 24.2 Å².